The van der Waals surface area contributed by atoms with Crippen molar-refractivity contribution in [2.45, 2.75) is 29.9 Å². The minimum Gasteiger partial charge on any atom is -0.384 e. The van der Waals surface area contributed by atoms with Crippen LogP contribution in [0, 0.1) is 19.3 Å². The molecule has 2 aromatic rings. The lowest BCUT2D eigenvalue weighted by Gasteiger charge is -2.15. The lowest BCUT2D eigenvalue weighted by molar-refractivity contribution is 0.142. The molecule has 1 saturated carbocycles. The largest absolute Gasteiger partial charge is 0.384 e. The molecular formula is C20H25NO3S. The Bertz CT molecular complexity index is 844. The molecule has 2 aromatic carbocycles. The first-order valence-corrected chi connectivity index (χ1v) is 9.97. The molecule has 134 valence electrons. The fourth-order valence-corrected chi connectivity index (χ4v) is 6.28. The zero-order valence-corrected chi connectivity index (χ0v) is 15.7. The summed E-state index contributed by atoms with van der Waals surface area (Å²) in [5.74, 6) is -0.149. The van der Waals surface area contributed by atoms with Crippen molar-refractivity contribution in [2.75, 3.05) is 20.3 Å². The van der Waals surface area contributed by atoms with E-state index in [1.54, 1.807) is 19.2 Å². The van der Waals surface area contributed by atoms with Crippen molar-refractivity contribution in [1.82, 2.24) is 0 Å². The molecule has 0 amide bonds. The lowest BCUT2D eigenvalue weighted by Crippen LogP contribution is -2.28. The van der Waals surface area contributed by atoms with Crippen molar-refractivity contribution in [3.63, 3.8) is 0 Å². The van der Waals surface area contributed by atoms with Gasteiger partial charge in [-0.2, -0.15) is 0 Å². The first-order valence-electron chi connectivity index (χ1n) is 8.43. The van der Waals surface area contributed by atoms with Crippen LogP contribution in [0.1, 0.15) is 22.6 Å². The maximum Gasteiger partial charge on any atom is 0.182 e. The topological polar surface area (TPSA) is 69.4 Å². The van der Waals surface area contributed by atoms with E-state index in [1.807, 2.05) is 50.2 Å². The van der Waals surface area contributed by atoms with E-state index >= 15 is 0 Å². The van der Waals surface area contributed by atoms with Gasteiger partial charge in [-0.25, -0.2) is 8.42 Å². The molecule has 0 unspecified atom stereocenters. The quantitative estimate of drug-likeness (QED) is 0.861. The normalized spacial score (nSPS) is 25.8. The molecule has 5 heteroatoms. The summed E-state index contributed by atoms with van der Waals surface area (Å²) in [4.78, 5) is 0.353. The van der Waals surface area contributed by atoms with Crippen molar-refractivity contribution in [3.05, 3.63) is 65.2 Å². The van der Waals surface area contributed by atoms with Gasteiger partial charge in [-0.05, 0) is 31.5 Å². The highest BCUT2D eigenvalue weighted by Gasteiger charge is 2.70. The van der Waals surface area contributed by atoms with E-state index in [9.17, 15) is 8.42 Å². The molecule has 0 heterocycles. The number of aryl methyl sites for hydroxylation is 2. The van der Waals surface area contributed by atoms with Crippen molar-refractivity contribution in [2.24, 2.45) is 11.1 Å². The summed E-state index contributed by atoms with van der Waals surface area (Å²) >= 11 is 0. The fourth-order valence-electron chi connectivity index (χ4n) is 3.84. The van der Waals surface area contributed by atoms with Crippen LogP contribution in [0.3, 0.4) is 0 Å². The van der Waals surface area contributed by atoms with E-state index in [1.165, 1.54) is 0 Å². The van der Waals surface area contributed by atoms with E-state index in [0.717, 1.165) is 16.7 Å². The average Bonchev–Trinajstić information content (AvgIpc) is 3.26. The van der Waals surface area contributed by atoms with Crippen LogP contribution in [0.4, 0.5) is 0 Å². The maximum absolute atomic E-state index is 13.3. The highest BCUT2D eigenvalue weighted by Crippen LogP contribution is 2.63. The zero-order valence-electron chi connectivity index (χ0n) is 14.9. The Kier molecular flexibility index (Phi) is 4.75. The van der Waals surface area contributed by atoms with Crippen LogP contribution >= 0.6 is 0 Å². The Hall–Kier alpha value is -1.69. The minimum atomic E-state index is -3.49. The van der Waals surface area contributed by atoms with Gasteiger partial charge in [0.25, 0.3) is 0 Å². The van der Waals surface area contributed by atoms with Gasteiger partial charge in [0.15, 0.2) is 9.84 Å². The van der Waals surface area contributed by atoms with E-state index in [4.69, 9.17) is 10.5 Å². The van der Waals surface area contributed by atoms with Gasteiger partial charge in [0.1, 0.15) is 0 Å². The predicted octanol–water partition coefficient (Wildman–Crippen LogP) is 2.83. The number of hydrogen-bond acceptors (Lipinski definition) is 4. The van der Waals surface area contributed by atoms with E-state index in [2.05, 4.69) is 0 Å². The van der Waals surface area contributed by atoms with Crippen molar-refractivity contribution in [3.8, 4) is 0 Å². The summed E-state index contributed by atoms with van der Waals surface area (Å²) in [6.45, 7) is 4.56. The summed E-state index contributed by atoms with van der Waals surface area (Å²) in [5, 5.41) is -0.560. The third kappa shape index (κ3) is 3.01. The number of nitrogens with two attached hydrogens (primary N) is 1. The molecule has 25 heavy (non-hydrogen) atoms. The summed E-state index contributed by atoms with van der Waals surface area (Å²) in [7, 11) is -1.90. The second kappa shape index (κ2) is 6.56. The highest BCUT2D eigenvalue weighted by atomic mass is 32.2. The number of ether oxygens (including phenoxy) is 1. The summed E-state index contributed by atoms with van der Waals surface area (Å²) in [6, 6.07) is 15.1. The van der Waals surface area contributed by atoms with Gasteiger partial charge in [-0.15, -0.1) is 0 Å². The van der Waals surface area contributed by atoms with Crippen LogP contribution in [0.15, 0.2) is 53.4 Å². The molecule has 3 rings (SSSR count). The summed E-state index contributed by atoms with van der Waals surface area (Å²) in [5.41, 5.74) is 8.67. The lowest BCUT2D eigenvalue weighted by atomic mass is 9.99. The smallest absolute Gasteiger partial charge is 0.182 e. The molecular weight excluding hydrogens is 334 g/mol. The summed E-state index contributed by atoms with van der Waals surface area (Å²) < 4.78 is 32.0. The Morgan fingerprint density at radius 1 is 1.00 bits per heavy atom. The van der Waals surface area contributed by atoms with Gasteiger partial charge in [-0.3, -0.25) is 0 Å². The van der Waals surface area contributed by atoms with Gasteiger partial charge in [-0.1, -0.05) is 47.5 Å². The third-order valence-electron chi connectivity index (χ3n) is 5.29. The maximum atomic E-state index is 13.3. The average molecular weight is 359 g/mol. The van der Waals surface area contributed by atoms with Crippen LogP contribution in [0.25, 0.3) is 0 Å². The number of methoxy groups -OCH3 is 1. The first-order chi connectivity index (χ1) is 11.9. The van der Waals surface area contributed by atoms with E-state index in [0.29, 0.717) is 11.5 Å². The Morgan fingerprint density at radius 2 is 1.52 bits per heavy atom. The number of rotatable bonds is 6. The number of hydrogen-bond donors (Lipinski definition) is 1. The monoisotopic (exact) mass is 359 g/mol. The standard InChI is InChI=1S/C20H25NO3S/c1-14-4-8-16(9-5-14)18-19(20(18,12-21)13-24-3)25(22,23)17-10-6-15(2)7-11-17/h4-11,18-19H,12-13,21H2,1-3H3/t18-,19+,20+/m1/s1. The molecule has 2 N–H and O–H groups in total. The van der Waals surface area contributed by atoms with E-state index < -0.39 is 20.5 Å². The Labute approximate surface area is 149 Å². The molecule has 4 nitrogen and oxygen atoms in total. The second-order valence-electron chi connectivity index (χ2n) is 7.04. The van der Waals surface area contributed by atoms with Gasteiger partial charge < -0.3 is 10.5 Å². The third-order valence-corrected chi connectivity index (χ3v) is 7.63. The van der Waals surface area contributed by atoms with Gasteiger partial charge in [0, 0.05) is 25.0 Å². The molecule has 0 aliphatic heterocycles. The predicted molar refractivity (Wildman–Crippen MR) is 99.4 cm³/mol. The van der Waals surface area contributed by atoms with Crippen LogP contribution < -0.4 is 5.73 Å². The Balaban J connectivity index is 2.05. The molecule has 0 saturated heterocycles. The molecule has 0 spiro atoms. The van der Waals surface area contributed by atoms with E-state index in [-0.39, 0.29) is 12.5 Å². The second-order valence-corrected chi connectivity index (χ2v) is 9.11. The van der Waals surface area contributed by atoms with Crippen LogP contribution in [-0.4, -0.2) is 33.9 Å². The molecule has 0 bridgehead atoms. The van der Waals surface area contributed by atoms with Crippen molar-refractivity contribution >= 4 is 9.84 Å². The molecule has 1 aliphatic carbocycles. The molecule has 3 atom stereocenters. The molecule has 0 radical (unpaired) electrons. The Morgan fingerprint density at radius 3 is 2.00 bits per heavy atom. The summed E-state index contributed by atoms with van der Waals surface area (Å²) in [6.07, 6.45) is 0. The van der Waals surface area contributed by atoms with Crippen molar-refractivity contribution < 1.29 is 13.2 Å². The van der Waals surface area contributed by atoms with Gasteiger partial charge >= 0.3 is 0 Å². The minimum absolute atomic E-state index is 0.149. The van der Waals surface area contributed by atoms with Crippen LogP contribution in [0.2, 0.25) is 0 Å². The first kappa shape index (κ1) is 18.1. The fraction of sp³-hybridized carbons (Fsp3) is 0.400. The van der Waals surface area contributed by atoms with Crippen LogP contribution in [0.5, 0.6) is 0 Å². The highest BCUT2D eigenvalue weighted by molar-refractivity contribution is 7.92. The van der Waals surface area contributed by atoms with Gasteiger partial charge in [0.05, 0.1) is 16.8 Å². The zero-order chi connectivity index (χ0) is 18.2. The van der Waals surface area contributed by atoms with Crippen molar-refractivity contribution in [1.29, 1.82) is 0 Å². The number of benzene rings is 2. The molecule has 1 aliphatic rings. The van der Waals surface area contributed by atoms with Crippen LogP contribution in [-0.2, 0) is 14.6 Å². The number of sulfone groups is 1. The molecule has 0 aromatic heterocycles. The SMILES string of the molecule is COC[C@@]1(CN)[C@H](c2ccc(C)cc2)[C@@H]1S(=O)(=O)c1ccc(C)cc1. The molecule has 1 fully saturated rings. The van der Waals surface area contributed by atoms with Gasteiger partial charge in [0.2, 0.25) is 0 Å².